The molecule has 140 valence electrons. The van der Waals surface area contributed by atoms with Crippen LogP contribution in [0.2, 0.25) is 0 Å². The number of phenolic OH excluding ortho intramolecular Hbond substituents is 1. The summed E-state index contributed by atoms with van der Waals surface area (Å²) in [4.78, 5) is 15.0. The van der Waals surface area contributed by atoms with Crippen LogP contribution in [0.4, 0.5) is 10.5 Å². The third-order valence-electron chi connectivity index (χ3n) is 4.68. The Kier molecular flexibility index (Phi) is 4.66. The lowest BCUT2D eigenvalue weighted by Crippen LogP contribution is -2.48. The van der Waals surface area contributed by atoms with Crippen molar-refractivity contribution in [2.75, 3.05) is 18.7 Å². The highest BCUT2D eigenvalue weighted by atomic mass is 35.5. The molecule has 0 aromatic heterocycles. The Bertz CT molecular complexity index is 897. The van der Waals surface area contributed by atoms with E-state index in [0.717, 1.165) is 36.1 Å². The van der Waals surface area contributed by atoms with Crippen molar-refractivity contribution in [1.29, 1.82) is 0 Å². The van der Waals surface area contributed by atoms with Gasteiger partial charge in [-0.25, -0.2) is 4.79 Å². The van der Waals surface area contributed by atoms with Gasteiger partial charge in [-0.15, -0.1) is 16.7 Å². The highest BCUT2D eigenvalue weighted by Gasteiger charge is 2.39. The molecule has 1 aromatic carbocycles. The molecule has 0 radical (unpaired) electrons. The molecule has 4 rings (SSSR count). The van der Waals surface area contributed by atoms with Crippen LogP contribution >= 0.6 is 11.6 Å². The number of aromatic hydroxyl groups is 1. The molecule has 2 amide bonds. The number of hydrogen-bond acceptors (Lipinski definition) is 4. The highest BCUT2D eigenvalue weighted by Crippen LogP contribution is 2.38. The van der Waals surface area contributed by atoms with Crippen molar-refractivity contribution >= 4 is 29.2 Å². The second kappa shape index (κ2) is 7.12. The van der Waals surface area contributed by atoms with Gasteiger partial charge >= 0.3 is 6.03 Å². The summed E-state index contributed by atoms with van der Waals surface area (Å²) in [7, 11) is 1.54. The van der Waals surface area contributed by atoms with Crippen LogP contribution in [-0.2, 0) is 4.74 Å². The van der Waals surface area contributed by atoms with E-state index in [9.17, 15) is 9.90 Å². The first-order valence-electron chi connectivity index (χ1n) is 8.84. The van der Waals surface area contributed by atoms with E-state index in [4.69, 9.17) is 16.3 Å². The van der Waals surface area contributed by atoms with Crippen molar-refractivity contribution < 1.29 is 14.6 Å². The van der Waals surface area contributed by atoms with Crippen LogP contribution in [0.1, 0.15) is 19.3 Å². The highest BCUT2D eigenvalue weighted by molar-refractivity contribution is 6.22. The number of hydrogen-bond donors (Lipinski definition) is 1. The normalized spacial score (nSPS) is 22.0. The summed E-state index contributed by atoms with van der Waals surface area (Å²) >= 11 is 6.11. The van der Waals surface area contributed by atoms with Crippen LogP contribution in [-0.4, -0.2) is 41.0 Å². The van der Waals surface area contributed by atoms with Crippen molar-refractivity contribution in [3.8, 4) is 5.75 Å². The number of anilines is 1. The molecule has 1 atom stereocenters. The first-order chi connectivity index (χ1) is 13.1. The van der Waals surface area contributed by atoms with E-state index in [1.807, 2.05) is 18.2 Å². The zero-order valence-corrected chi connectivity index (χ0v) is 15.7. The first kappa shape index (κ1) is 17.7. The maximum atomic E-state index is 13.3. The Morgan fingerprint density at radius 1 is 1.33 bits per heavy atom. The predicted octanol–water partition coefficient (Wildman–Crippen LogP) is 4.14. The molecule has 1 saturated carbocycles. The van der Waals surface area contributed by atoms with E-state index >= 15 is 0 Å². The number of amides is 2. The van der Waals surface area contributed by atoms with Gasteiger partial charge in [0.1, 0.15) is 17.1 Å². The van der Waals surface area contributed by atoms with Gasteiger partial charge in [0, 0.05) is 0 Å². The van der Waals surface area contributed by atoms with Crippen LogP contribution in [0.5, 0.6) is 5.75 Å². The number of benzene rings is 1. The summed E-state index contributed by atoms with van der Waals surface area (Å²) < 4.78 is 5.50. The van der Waals surface area contributed by atoms with E-state index in [0.29, 0.717) is 18.1 Å². The molecule has 6 nitrogen and oxygen atoms in total. The average Bonchev–Trinajstić information content (AvgIpc) is 3.50. The number of rotatable bonds is 3. The molecule has 7 heteroatoms. The molecule has 1 N–H and O–H groups in total. The Labute approximate surface area is 162 Å². The summed E-state index contributed by atoms with van der Waals surface area (Å²) in [6.07, 6.45) is 8.51. The monoisotopic (exact) mass is 385 g/mol. The summed E-state index contributed by atoms with van der Waals surface area (Å²) in [6, 6.07) is 6.29. The summed E-state index contributed by atoms with van der Waals surface area (Å²) in [6.45, 7) is 0.393. The molecule has 2 aliphatic carbocycles. The van der Waals surface area contributed by atoms with Gasteiger partial charge in [0.15, 0.2) is 0 Å². The quantitative estimate of drug-likeness (QED) is 0.795. The Morgan fingerprint density at radius 2 is 2.11 bits per heavy atom. The minimum atomic E-state index is -0.325. The zero-order valence-electron chi connectivity index (χ0n) is 14.9. The fourth-order valence-corrected chi connectivity index (χ4v) is 3.33. The van der Waals surface area contributed by atoms with Gasteiger partial charge in [-0.1, -0.05) is 30.4 Å². The number of alkyl halides is 1. The first-order valence-corrected chi connectivity index (χ1v) is 9.28. The molecule has 1 aromatic rings. The smallest absolute Gasteiger partial charge is 0.350 e. The molecule has 27 heavy (non-hydrogen) atoms. The number of hydrazone groups is 1. The minimum Gasteiger partial charge on any atom is -0.506 e. The molecule has 0 spiro atoms. The van der Waals surface area contributed by atoms with Gasteiger partial charge < -0.3 is 9.84 Å². The van der Waals surface area contributed by atoms with Gasteiger partial charge in [0.25, 0.3) is 5.90 Å². The largest absolute Gasteiger partial charge is 0.506 e. The van der Waals surface area contributed by atoms with Crippen LogP contribution in [0.15, 0.2) is 64.4 Å². The number of urea groups is 1. The number of carbonyl (C=O) groups excluding carboxylic acids is 1. The minimum absolute atomic E-state index is 0.0130. The van der Waals surface area contributed by atoms with Crippen LogP contribution in [0.3, 0.4) is 0 Å². The van der Waals surface area contributed by atoms with E-state index < -0.39 is 0 Å². The second-order valence-electron chi connectivity index (χ2n) is 6.62. The SMILES string of the molecule is COC1=NN(c2ccccc2O)C(=O)N(CC2=CCC(Cl)C=C2)C1=C1CC1. The number of allylic oxidation sites excluding steroid dienone is 3. The molecule has 1 aliphatic heterocycles. The number of para-hydroxylation sites is 2. The number of phenols is 1. The number of halogens is 1. The Hall–Kier alpha value is -2.73. The number of carbonyl (C=O) groups is 1. The van der Waals surface area contributed by atoms with Gasteiger partial charge in [0.2, 0.25) is 0 Å². The Morgan fingerprint density at radius 3 is 2.74 bits per heavy atom. The molecule has 1 heterocycles. The third kappa shape index (κ3) is 3.45. The fraction of sp³-hybridized carbons (Fsp3) is 0.300. The summed E-state index contributed by atoms with van der Waals surface area (Å²) in [5.41, 5.74) is 3.21. The molecule has 1 fully saturated rings. The Balaban J connectivity index is 1.74. The molecular formula is C20H20ClN3O3. The lowest BCUT2D eigenvalue weighted by Gasteiger charge is -2.34. The van der Waals surface area contributed by atoms with Gasteiger partial charge in [-0.2, -0.15) is 5.01 Å². The standard InChI is InChI=1S/C20H20ClN3O3/c1-27-19-18(14-8-9-14)23(12-13-6-10-15(21)11-7-13)20(26)24(22-19)16-4-2-3-5-17(16)25/h2-7,10,15,25H,8-9,11-12H2,1H3. The maximum Gasteiger partial charge on any atom is 0.350 e. The van der Waals surface area contributed by atoms with Gasteiger partial charge in [0.05, 0.1) is 19.0 Å². The van der Waals surface area contributed by atoms with E-state index in [1.54, 1.807) is 23.1 Å². The number of ether oxygens (including phenoxy) is 1. The second-order valence-corrected chi connectivity index (χ2v) is 7.18. The predicted molar refractivity (Wildman–Crippen MR) is 105 cm³/mol. The van der Waals surface area contributed by atoms with E-state index in [2.05, 4.69) is 5.10 Å². The van der Waals surface area contributed by atoms with Gasteiger partial charge in [-0.05, 0) is 42.5 Å². The third-order valence-corrected chi connectivity index (χ3v) is 5.00. The topological polar surface area (TPSA) is 65.4 Å². The van der Waals surface area contributed by atoms with E-state index in [1.165, 1.54) is 18.2 Å². The lowest BCUT2D eigenvalue weighted by atomic mass is 10.1. The summed E-state index contributed by atoms with van der Waals surface area (Å²) in [5.74, 6) is 0.357. The summed E-state index contributed by atoms with van der Waals surface area (Å²) in [5, 5.41) is 15.7. The molecule has 0 saturated heterocycles. The van der Waals surface area contributed by atoms with Crippen molar-refractivity contribution in [3.05, 3.63) is 59.3 Å². The van der Waals surface area contributed by atoms with Crippen molar-refractivity contribution in [1.82, 2.24) is 4.90 Å². The zero-order chi connectivity index (χ0) is 19.0. The number of methoxy groups -OCH3 is 1. The lowest BCUT2D eigenvalue weighted by molar-refractivity contribution is 0.217. The van der Waals surface area contributed by atoms with Gasteiger partial charge in [-0.3, -0.25) is 4.90 Å². The van der Waals surface area contributed by atoms with Crippen LogP contribution in [0, 0.1) is 0 Å². The molecule has 3 aliphatic rings. The van der Waals surface area contributed by atoms with Crippen LogP contribution in [0.25, 0.3) is 0 Å². The fourth-order valence-electron chi connectivity index (χ4n) is 3.17. The van der Waals surface area contributed by atoms with Crippen molar-refractivity contribution in [3.63, 3.8) is 0 Å². The number of nitrogens with zero attached hydrogens (tertiary/aromatic N) is 3. The molecular weight excluding hydrogens is 366 g/mol. The molecule has 0 bridgehead atoms. The van der Waals surface area contributed by atoms with E-state index in [-0.39, 0.29) is 17.2 Å². The van der Waals surface area contributed by atoms with Crippen molar-refractivity contribution in [2.24, 2.45) is 5.10 Å². The average molecular weight is 386 g/mol. The van der Waals surface area contributed by atoms with Crippen molar-refractivity contribution in [2.45, 2.75) is 24.6 Å². The molecule has 1 unspecified atom stereocenters. The maximum absolute atomic E-state index is 13.3. The van der Waals surface area contributed by atoms with Crippen LogP contribution < -0.4 is 5.01 Å².